The van der Waals surface area contributed by atoms with Crippen molar-refractivity contribution in [3.63, 3.8) is 0 Å². The molecule has 1 aliphatic heterocycles. The van der Waals surface area contributed by atoms with Crippen molar-refractivity contribution in [1.29, 1.82) is 0 Å². The molecule has 2 rings (SSSR count). The minimum atomic E-state index is -4.17. The van der Waals surface area contributed by atoms with Crippen molar-refractivity contribution < 1.29 is 13.2 Å². The average Bonchev–Trinajstić information content (AvgIpc) is 3.06. The van der Waals surface area contributed by atoms with Gasteiger partial charge in [-0.05, 0) is 45.5 Å². The highest BCUT2D eigenvalue weighted by Gasteiger charge is 2.29. The van der Waals surface area contributed by atoms with E-state index in [0.717, 1.165) is 25.3 Å². The number of pyridine rings is 1. The number of anilines is 1. The van der Waals surface area contributed by atoms with Crippen molar-refractivity contribution in [3.05, 3.63) is 23.4 Å². The first-order chi connectivity index (χ1) is 13.3. The zero-order valence-electron chi connectivity index (χ0n) is 16.3. The Morgan fingerprint density at radius 3 is 2.93 bits per heavy atom. The van der Waals surface area contributed by atoms with Crippen LogP contribution in [0.1, 0.15) is 19.8 Å². The second-order valence-electron chi connectivity index (χ2n) is 6.85. The maximum Gasteiger partial charge on any atom is 0.401 e. The van der Waals surface area contributed by atoms with E-state index >= 15 is 0 Å². The third kappa shape index (κ3) is 7.71. The highest BCUT2D eigenvalue weighted by Crippen LogP contribution is 2.25. The molecule has 10 heteroatoms. The molecular weight excluding hydrogens is 393 g/mol. The fraction of sp³-hybridized carbons (Fsp3) is 0.667. The highest BCUT2D eigenvalue weighted by atomic mass is 35.5. The van der Waals surface area contributed by atoms with Gasteiger partial charge in [-0.25, -0.2) is 4.98 Å². The summed E-state index contributed by atoms with van der Waals surface area (Å²) in [5.74, 6) is 1.46. The van der Waals surface area contributed by atoms with Crippen LogP contribution >= 0.6 is 11.6 Å². The van der Waals surface area contributed by atoms with Crippen molar-refractivity contribution in [2.24, 2.45) is 4.99 Å². The molecule has 6 nitrogen and oxygen atoms in total. The second-order valence-corrected chi connectivity index (χ2v) is 7.26. The van der Waals surface area contributed by atoms with Crippen LogP contribution in [0.5, 0.6) is 0 Å². The van der Waals surface area contributed by atoms with Gasteiger partial charge in [0.25, 0.3) is 0 Å². The van der Waals surface area contributed by atoms with Crippen LogP contribution in [0.2, 0.25) is 5.02 Å². The molecule has 1 saturated heterocycles. The molecule has 158 valence electrons. The molecule has 0 aromatic carbocycles. The van der Waals surface area contributed by atoms with Gasteiger partial charge in [-0.2, -0.15) is 13.2 Å². The number of rotatable bonds is 8. The molecule has 0 aliphatic carbocycles. The molecule has 1 aromatic heterocycles. The van der Waals surface area contributed by atoms with Gasteiger partial charge >= 0.3 is 6.18 Å². The van der Waals surface area contributed by atoms with Crippen molar-refractivity contribution in [2.45, 2.75) is 32.0 Å². The molecule has 0 bridgehead atoms. The molecular formula is C18H28ClF3N6. The van der Waals surface area contributed by atoms with Crippen LogP contribution in [0.3, 0.4) is 0 Å². The van der Waals surface area contributed by atoms with Crippen LogP contribution in [-0.2, 0) is 0 Å². The van der Waals surface area contributed by atoms with Crippen molar-refractivity contribution >= 4 is 23.4 Å². The lowest BCUT2D eigenvalue weighted by molar-refractivity contribution is -0.143. The molecule has 0 radical (unpaired) electrons. The van der Waals surface area contributed by atoms with Gasteiger partial charge < -0.3 is 15.5 Å². The Morgan fingerprint density at radius 1 is 1.46 bits per heavy atom. The van der Waals surface area contributed by atoms with E-state index in [4.69, 9.17) is 11.6 Å². The summed E-state index contributed by atoms with van der Waals surface area (Å²) in [6, 6.07) is 3.83. The minimum Gasteiger partial charge on any atom is -0.357 e. The quantitative estimate of drug-likeness (QED) is 0.385. The van der Waals surface area contributed by atoms with Gasteiger partial charge in [0.15, 0.2) is 5.96 Å². The Kier molecular flexibility index (Phi) is 8.62. The van der Waals surface area contributed by atoms with E-state index in [2.05, 4.69) is 25.5 Å². The normalized spacial score (nSPS) is 18.0. The van der Waals surface area contributed by atoms with Gasteiger partial charge in [-0.1, -0.05) is 11.6 Å². The monoisotopic (exact) mass is 420 g/mol. The van der Waals surface area contributed by atoms with E-state index in [1.54, 1.807) is 12.3 Å². The van der Waals surface area contributed by atoms with Gasteiger partial charge in [-0.3, -0.25) is 9.89 Å². The van der Waals surface area contributed by atoms with Gasteiger partial charge in [0, 0.05) is 38.4 Å². The number of alkyl halides is 3. The lowest BCUT2D eigenvalue weighted by Crippen LogP contribution is -2.44. The number of aliphatic imine (C=N–C) groups is 1. The number of nitrogens with one attached hydrogen (secondary N) is 2. The zero-order valence-corrected chi connectivity index (χ0v) is 17.0. The predicted molar refractivity (Wildman–Crippen MR) is 107 cm³/mol. The van der Waals surface area contributed by atoms with E-state index in [-0.39, 0.29) is 6.04 Å². The van der Waals surface area contributed by atoms with Crippen LogP contribution < -0.4 is 15.5 Å². The lowest BCUT2D eigenvalue weighted by atomic mass is 10.3. The zero-order chi connectivity index (χ0) is 20.6. The number of hydrogen-bond acceptors (Lipinski definition) is 4. The van der Waals surface area contributed by atoms with Crippen molar-refractivity contribution in [1.82, 2.24) is 20.5 Å². The van der Waals surface area contributed by atoms with Gasteiger partial charge in [0.2, 0.25) is 0 Å². The minimum absolute atomic E-state index is 0.198. The fourth-order valence-corrected chi connectivity index (χ4v) is 3.35. The number of nitrogens with zero attached hydrogens (tertiary/aromatic N) is 4. The summed E-state index contributed by atoms with van der Waals surface area (Å²) in [7, 11) is 1.47. The molecule has 2 heterocycles. The maximum absolute atomic E-state index is 12.3. The first-order valence-corrected chi connectivity index (χ1v) is 9.82. The second kappa shape index (κ2) is 10.7. The molecule has 0 amide bonds. The summed E-state index contributed by atoms with van der Waals surface area (Å²) in [5.41, 5.74) is 0. The van der Waals surface area contributed by atoms with Crippen LogP contribution in [0.15, 0.2) is 23.3 Å². The highest BCUT2D eigenvalue weighted by molar-refractivity contribution is 6.32. The number of hydrogen-bond donors (Lipinski definition) is 2. The molecule has 1 unspecified atom stereocenters. The van der Waals surface area contributed by atoms with E-state index in [9.17, 15) is 13.2 Å². The largest absolute Gasteiger partial charge is 0.401 e. The van der Waals surface area contributed by atoms with Gasteiger partial charge in [-0.15, -0.1) is 0 Å². The molecule has 1 aliphatic rings. The third-order valence-electron chi connectivity index (χ3n) is 4.33. The van der Waals surface area contributed by atoms with Crippen molar-refractivity contribution in [3.8, 4) is 0 Å². The molecule has 0 spiro atoms. The SMILES string of the molecule is CCNC(=NCCCN(C)CC(F)(F)F)NC1CCN(c2ncccc2Cl)C1. The molecule has 28 heavy (non-hydrogen) atoms. The van der Waals surface area contributed by atoms with Crippen LogP contribution in [-0.4, -0.2) is 74.4 Å². The van der Waals surface area contributed by atoms with E-state index in [1.807, 2.05) is 13.0 Å². The maximum atomic E-state index is 12.3. The van der Waals surface area contributed by atoms with E-state index in [1.165, 1.54) is 11.9 Å². The topological polar surface area (TPSA) is 55.8 Å². The predicted octanol–water partition coefficient (Wildman–Crippen LogP) is 2.75. The molecule has 1 fully saturated rings. The number of guanidine groups is 1. The lowest BCUT2D eigenvalue weighted by Gasteiger charge is -2.20. The van der Waals surface area contributed by atoms with Gasteiger partial charge in [0.05, 0.1) is 11.6 Å². The Morgan fingerprint density at radius 2 is 2.25 bits per heavy atom. The summed E-state index contributed by atoms with van der Waals surface area (Å²) in [4.78, 5) is 12.2. The Balaban J connectivity index is 1.80. The fourth-order valence-electron chi connectivity index (χ4n) is 3.11. The summed E-state index contributed by atoms with van der Waals surface area (Å²) in [5, 5.41) is 7.21. The third-order valence-corrected chi connectivity index (χ3v) is 4.62. The van der Waals surface area contributed by atoms with E-state index < -0.39 is 12.7 Å². The van der Waals surface area contributed by atoms with Crippen LogP contribution in [0.25, 0.3) is 0 Å². The summed E-state index contributed by atoms with van der Waals surface area (Å²) in [6.45, 7) is 4.19. The summed E-state index contributed by atoms with van der Waals surface area (Å²) < 4.78 is 37.0. The Labute approximate surface area is 169 Å². The average molecular weight is 421 g/mol. The molecule has 2 N–H and O–H groups in total. The summed E-state index contributed by atoms with van der Waals surface area (Å²) >= 11 is 6.22. The molecule has 0 saturated carbocycles. The molecule has 1 atom stereocenters. The van der Waals surface area contributed by atoms with Gasteiger partial charge in [0.1, 0.15) is 5.82 Å². The first-order valence-electron chi connectivity index (χ1n) is 9.44. The Hall–Kier alpha value is -1.74. The number of halogens is 4. The number of aromatic nitrogens is 1. The van der Waals surface area contributed by atoms with Crippen molar-refractivity contribution in [2.75, 3.05) is 51.2 Å². The Bertz CT molecular complexity index is 640. The summed E-state index contributed by atoms with van der Waals surface area (Å²) in [6.07, 6.45) is -0.961. The van der Waals surface area contributed by atoms with Crippen LogP contribution in [0, 0.1) is 0 Å². The van der Waals surface area contributed by atoms with E-state index in [0.29, 0.717) is 37.0 Å². The first kappa shape index (κ1) is 22.5. The van der Waals surface area contributed by atoms with Crippen LogP contribution in [0.4, 0.5) is 19.0 Å². The standard InChI is InChI=1S/C18H28ClF3N6/c1-3-23-17(25-9-5-10-27(2)13-18(20,21)22)26-14-7-11-28(12-14)16-15(19)6-4-8-24-16/h4,6,8,14H,3,5,7,9-13H2,1-2H3,(H2,23,25,26). The smallest absolute Gasteiger partial charge is 0.357 e. The molecule has 1 aromatic rings.